The van der Waals surface area contributed by atoms with Crippen LogP contribution in [0.2, 0.25) is 5.02 Å². The van der Waals surface area contributed by atoms with Crippen molar-refractivity contribution in [1.82, 2.24) is 19.4 Å². The van der Waals surface area contributed by atoms with Crippen LogP contribution in [0.25, 0.3) is 6.08 Å². The average Bonchev–Trinajstić information content (AvgIpc) is 3.32. The van der Waals surface area contributed by atoms with Crippen molar-refractivity contribution in [1.29, 1.82) is 0 Å². The number of allylic oxidation sites excluding steroid dienone is 1. The first-order valence-electron chi connectivity index (χ1n) is 13.4. The molecular formula is C27H39ClN4O4S. The van der Waals surface area contributed by atoms with Crippen molar-refractivity contribution in [2.75, 3.05) is 39.3 Å². The molecule has 0 unspecified atom stereocenters. The molecule has 2 amide bonds. The minimum Gasteiger partial charge on any atom is -0.337 e. The zero-order valence-corrected chi connectivity index (χ0v) is 23.5. The lowest BCUT2D eigenvalue weighted by molar-refractivity contribution is -0.143. The summed E-state index contributed by atoms with van der Waals surface area (Å²) in [7, 11) is -3.89. The second-order valence-corrected chi connectivity index (χ2v) is 12.9. The van der Waals surface area contributed by atoms with E-state index in [-0.39, 0.29) is 29.3 Å². The number of likely N-dealkylation sites (tertiary alicyclic amines) is 3. The van der Waals surface area contributed by atoms with Gasteiger partial charge in [0.25, 0.3) is 0 Å². The van der Waals surface area contributed by atoms with Gasteiger partial charge in [-0.3, -0.25) is 9.59 Å². The summed E-state index contributed by atoms with van der Waals surface area (Å²) in [5, 5.41) is 0.522. The Hall–Kier alpha value is -1.94. The molecule has 1 aromatic carbocycles. The number of halogens is 1. The third-order valence-electron chi connectivity index (χ3n) is 7.79. The van der Waals surface area contributed by atoms with E-state index in [0.29, 0.717) is 30.0 Å². The zero-order valence-electron chi connectivity index (χ0n) is 21.9. The molecule has 2 atom stereocenters. The Labute approximate surface area is 226 Å². The number of nitrogens with zero attached hydrogens (tertiary/aromatic N) is 3. The Morgan fingerprint density at radius 3 is 2.57 bits per heavy atom. The summed E-state index contributed by atoms with van der Waals surface area (Å²) < 4.78 is 28.7. The Morgan fingerprint density at radius 2 is 1.81 bits per heavy atom. The van der Waals surface area contributed by atoms with Gasteiger partial charge in [0, 0.05) is 30.7 Å². The first-order valence-corrected chi connectivity index (χ1v) is 15.3. The molecule has 1 N–H and O–H groups in total. The SMILES string of the molecule is C/C(=C\c1cc(Cl)ccc1C)S(=O)(=O)N[C@H]1CCCN(CC(=O)N2CCC[C@H]2CN2CCCCC2)C1=O. The van der Waals surface area contributed by atoms with E-state index in [1.54, 1.807) is 18.2 Å². The number of hydrogen-bond acceptors (Lipinski definition) is 5. The molecule has 0 aromatic heterocycles. The van der Waals surface area contributed by atoms with Crippen LogP contribution in [-0.2, 0) is 19.6 Å². The van der Waals surface area contributed by atoms with Crippen LogP contribution in [0.15, 0.2) is 23.1 Å². The van der Waals surface area contributed by atoms with Gasteiger partial charge in [-0.25, -0.2) is 8.42 Å². The lowest BCUT2D eigenvalue weighted by Crippen LogP contribution is -2.55. The van der Waals surface area contributed by atoms with Gasteiger partial charge in [-0.2, -0.15) is 4.72 Å². The topological polar surface area (TPSA) is 90.0 Å². The number of sulfonamides is 1. The maximum Gasteiger partial charge on any atom is 0.242 e. The fourth-order valence-electron chi connectivity index (χ4n) is 5.60. The summed E-state index contributed by atoms with van der Waals surface area (Å²) in [6.45, 7) is 7.67. The highest BCUT2D eigenvalue weighted by molar-refractivity contribution is 7.93. The molecule has 0 saturated carbocycles. The van der Waals surface area contributed by atoms with Crippen LogP contribution >= 0.6 is 11.6 Å². The number of carbonyl (C=O) groups is 2. The van der Waals surface area contributed by atoms with E-state index in [9.17, 15) is 18.0 Å². The molecule has 204 valence electrons. The van der Waals surface area contributed by atoms with Crippen molar-refractivity contribution in [3.05, 3.63) is 39.3 Å². The van der Waals surface area contributed by atoms with Gasteiger partial charge >= 0.3 is 0 Å². The fourth-order valence-corrected chi connectivity index (χ4v) is 6.84. The normalized spacial score (nSPS) is 24.1. The summed E-state index contributed by atoms with van der Waals surface area (Å²) in [6, 6.07) is 4.62. The predicted molar refractivity (Wildman–Crippen MR) is 147 cm³/mol. The lowest BCUT2D eigenvalue weighted by atomic mass is 10.1. The van der Waals surface area contributed by atoms with Gasteiger partial charge in [0.15, 0.2) is 0 Å². The number of piperidine rings is 2. The van der Waals surface area contributed by atoms with Crippen molar-refractivity contribution in [3.8, 4) is 0 Å². The molecule has 4 rings (SSSR count). The van der Waals surface area contributed by atoms with Crippen LogP contribution in [0.1, 0.15) is 63.0 Å². The van der Waals surface area contributed by atoms with E-state index in [0.717, 1.165) is 44.6 Å². The molecule has 0 bridgehead atoms. The molecular weight excluding hydrogens is 512 g/mol. The summed E-state index contributed by atoms with van der Waals surface area (Å²) in [6.07, 6.45) is 8.30. The van der Waals surface area contributed by atoms with Gasteiger partial charge in [0.1, 0.15) is 6.04 Å². The lowest BCUT2D eigenvalue weighted by Gasteiger charge is -2.36. The standard InChI is InChI=1S/C27H39ClN4O4S/c1-20-10-11-23(28)17-22(20)16-21(2)37(35,36)29-25-9-7-14-31(27(25)34)19-26(33)32-15-6-8-24(32)18-30-12-4-3-5-13-30/h10-11,16-17,24-25,29H,3-9,12-15,18-19H2,1-2H3/b21-16+/t24-,25-/m0/s1. The molecule has 3 aliphatic heterocycles. The Kier molecular flexibility index (Phi) is 9.32. The largest absolute Gasteiger partial charge is 0.337 e. The van der Waals surface area contributed by atoms with E-state index in [2.05, 4.69) is 9.62 Å². The predicted octanol–water partition coefficient (Wildman–Crippen LogP) is 3.40. The van der Waals surface area contributed by atoms with Crippen LogP contribution < -0.4 is 4.72 Å². The number of aryl methyl sites for hydroxylation is 1. The molecule has 0 radical (unpaired) electrons. The number of benzene rings is 1. The second kappa shape index (κ2) is 12.3. The van der Waals surface area contributed by atoms with Crippen LogP contribution in [0.5, 0.6) is 0 Å². The highest BCUT2D eigenvalue weighted by atomic mass is 35.5. The van der Waals surface area contributed by atoms with E-state index in [1.165, 1.54) is 31.1 Å². The molecule has 1 aromatic rings. The highest BCUT2D eigenvalue weighted by Crippen LogP contribution is 2.23. The van der Waals surface area contributed by atoms with Gasteiger partial charge in [-0.05, 0) is 94.8 Å². The molecule has 10 heteroatoms. The molecule has 0 spiro atoms. The minimum atomic E-state index is -3.89. The number of hydrogen-bond donors (Lipinski definition) is 1. The highest BCUT2D eigenvalue weighted by Gasteiger charge is 2.36. The van der Waals surface area contributed by atoms with E-state index in [1.807, 2.05) is 17.9 Å². The Balaban J connectivity index is 1.37. The third kappa shape index (κ3) is 7.13. The maximum atomic E-state index is 13.2. The van der Waals surface area contributed by atoms with Crippen molar-refractivity contribution in [3.63, 3.8) is 0 Å². The monoisotopic (exact) mass is 550 g/mol. The van der Waals surface area contributed by atoms with Crippen LogP contribution in [-0.4, -0.2) is 86.3 Å². The zero-order chi connectivity index (χ0) is 26.6. The first-order chi connectivity index (χ1) is 17.6. The van der Waals surface area contributed by atoms with Gasteiger partial charge < -0.3 is 14.7 Å². The Bertz CT molecular complexity index is 1130. The smallest absolute Gasteiger partial charge is 0.242 e. The molecule has 3 aliphatic rings. The molecule has 3 saturated heterocycles. The molecule has 37 heavy (non-hydrogen) atoms. The number of carbonyl (C=O) groups excluding carboxylic acids is 2. The second-order valence-electron chi connectivity index (χ2n) is 10.6. The average molecular weight is 551 g/mol. The molecule has 3 heterocycles. The summed E-state index contributed by atoms with van der Waals surface area (Å²) in [4.78, 5) is 32.5. The summed E-state index contributed by atoms with van der Waals surface area (Å²) in [5.41, 5.74) is 1.61. The van der Waals surface area contributed by atoms with Crippen LogP contribution in [0.4, 0.5) is 0 Å². The van der Waals surface area contributed by atoms with Crippen molar-refractivity contribution >= 4 is 39.5 Å². The summed E-state index contributed by atoms with van der Waals surface area (Å²) >= 11 is 6.07. The van der Waals surface area contributed by atoms with Crippen molar-refractivity contribution in [2.24, 2.45) is 0 Å². The van der Waals surface area contributed by atoms with Crippen LogP contribution in [0.3, 0.4) is 0 Å². The number of rotatable bonds is 8. The molecule has 3 fully saturated rings. The van der Waals surface area contributed by atoms with Gasteiger partial charge in [-0.1, -0.05) is 24.1 Å². The quantitative estimate of drug-likeness (QED) is 0.536. The van der Waals surface area contributed by atoms with Crippen LogP contribution in [0, 0.1) is 6.92 Å². The van der Waals surface area contributed by atoms with E-state index >= 15 is 0 Å². The first kappa shape index (κ1) is 28.1. The van der Waals surface area contributed by atoms with Gasteiger partial charge in [0.2, 0.25) is 21.8 Å². The molecule has 8 nitrogen and oxygen atoms in total. The third-order valence-corrected chi connectivity index (χ3v) is 9.59. The van der Waals surface area contributed by atoms with Crippen molar-refractivity contribution in [2.45, 2.75) is 70.9 Å². The van der Waals surface area contributed by atoms with E-state index in [4.69, 9.17) is 11.6 Å². The minimum absolute atomic E-state index is 0.00406. The fraction of sp³-hybridized carbons (Fsp3) is 0.630. The number of amides is 2. The molecule has 0 aliphatic carbocycles. The summed E-state index contributed by atoms with van der Waals surface area (Å²) in [5.74, 6) is -0.370. The van der Waals surface area contributed by atoms with Gasteiger partial charge in [-0.15, -0.1) is 0 Å². The maximum absolute atomic E-state index is 13.2. The van der Waals surface area contributed by atoms with Crippen molar-refractivity contribution < 1.29 is 18.0 Å². The number of nitrogens with one attached hydrogen (secondary N) is 1. The Morgan fingerprint density at radius 1 is 1.08 bits per heavy atom. The van der Waals surface area contributed by atoms with E-state index < -0.39 is 16.1 Å². The van der Waals surface area contributed by atoms with Gasteiger partial charge in [0.05, 0.1) is 11.4 Å².